The average molecular weight is 288 g/mol. The summed E-state index contributed by atoms with van der Waals surface area (Å²) >= 11 is 5.88. The van der Waals surface area contributed by atoms with Gasteiger partial charge in [0.1, 0.15) is 0 Å². The first kappa shape index (κ1) is 15.8. The molecule has 1 aliphatic rings. The van der Waals surface area contributed by atoms with Gasteiger partial charge in [0.2, 0.25) is 0 Å². The number of nitrogens with one attached hydrogen (secondary N) is 1. The lowest BCUT2D eigenvalue weighted by Gasteiger charge is -2.21. The second-order valence-electron chi connectivity index (χ2n) is 5.05. The van der Waals surface area contributed by atoms with Crippen LogP contribution in [0.4, 0.5) is 0 Å². The number of rotatable bonds is 3. The van der Waals surface area contributed by atoms with Gasteiger partial charge in [0, 0.05) is 17.6 Å². The van der Waals surface area contributed by atoms with E-state index in [4.69, 9.17) is 11.6 Å². The molecule has 1 aromatic rings. The summed E-state index contributed by atoms with van der Waals surface area (Å²) in [7, 11) is 0. The number of benzene rings is 1. The number of hydrogen-bond acceptors (Lipinski definition) is 1. The van der Waals surface area contributed by atoms with E-state index >= 15 is 0 Å². The first-order chi connectivity index (χ1) is 8.34. The molecule has 0 spiro atoms. The van der Waals surface area contributed by atoms with Crippen molar-refractivity contribution in [2.45, 2.75) is 57.5 Å². The van der Waals surface area contributed by atoms with Crippen molar-refractivity contribution in [1.29, 1.82) is 0 Å². The predicted molar refractivity (Wildman–Crippen MR) is 81.6 cm³/mol. The maximum atomic E-state index is 5.88. The molecule has 1 aromatic carbocycles. The van der Waals surface area contributed by atoms with Crippen molar-refractivity contribution in [3.8, 4) is 0 Å². The Hall–Kier alpha value is -0.240. The molecular formula is C15H23Cl2N. The molecule has 2 rings (SSSR count). The summed E-state index contributed by atoms with van der Waals surface area (Å²) in [6, 6.07) is 8.87. The highest BCUT2D eigenvalue weighted by Gasteiger charge is 2.10. The molecule has 0 aliphatic heterocycles. The lowest BCUT2D eigenvalue weighted by Crippen LogP contribution is -2.29. The Morgan fingerprint density at radius 1 is 0.944 bits per heavy atom. The minimum absolute atomic E-state index is 0. The van der Waals surface area contributed by atoms with Crippen LogP contribution in [0.3, 0.4) is 0 Å². The minimum atomic E-state index is 0. The third-order valence-corrected chi connectivity index (χ3v) is 3.87. The Kier molecular flexibility index (Phi) is 7.73. The molecule has 1 aliphatic carbocycles. The molecule has 1 saturated carbocycles. The predicted octanol–water partition coefficient (Wildman–Crippen LogP) is 4.96. The van der Waals surface area contributed by atoms with Gasteiger partial charge in [-0.3, -0.25) is 0 Å². The Balaban J connectivity index is 0.00000162. The van der Waals surface area contributed by atoms with E-state index in [2.05, 4.69) is 17.4 Å². The van der Waals surface area contributed by atoms with Crippen molar-refractivity contribution >= 4 is 24.0 Å². The fourth-order valence-electron chi connectivity index (χ4n) is 2.52. The van der Waals surface area contributed by atoms with Gasteiger partial charge in [0.05, 0.1) is 0 Å². The van der Waals surface area contributed by atoms with Crippen molar-refractivity contribution in [1.82, 2.24) is 5.32 Å². The summed E-state index contributed by atoms with van der Waals surface area (Å²) in [6.45, 7) is 0.974. The zero-order valence-electron chi connectivity index (χ0n) is 10.8. The van der Waals surface area contributed by atoms with Gasteiger partial charge in [0.15, 0.2) is 0 Å². The maximum absolute atomic E-state index is 5.88. The van der Waals surface area contributed by atoms with Crippen LogP contribution >= 0.6 is 24.0 Å². The average Bonchev–Trinajstić information content (AvgIpc) is 2.30. The molecule has 0 atom stereocenters. The maximum Gasteiger partial charge on any atom is 0.0406 e. The summed E-state index contributed by atoms with van der Waals surface area (Å²) in [5.74, 6) is 0. The van der Waals surface area contributed by atoms with Gasteiger partial charge in [0.25, 0.3) is 0 Å². The first-order valence-electron chi connectivity index (χ1n) is 6.82. The molecular weight excluding hydrogens is 265 g/mol. The molecule has 0 heterocycles. The fourth-order valence-corrected chi connectivity index (χ4v) is 2.65. The second kappa shape index (κ2) is 8.79. The zero-order valence-corrected chi connectivity index (χ0v) is 12.4. The van der Waals surface area contributed by atoms with Gasteiger partial charge in [-0.05, 0) is 30.5 Å². The lowest BCUT2D eigenvalue weighted by molar-refractivity contribution is 0.389. The molecule has 1 N–H and O–H groups in total. The van der Waals surface area contributed by atoms with E-state index in [-0.39, 0.29) is 12.4 Å². The van der Waals surface area contributed by atoms with Crippen molar-refractivity contribution in [2.24, 2.45) is 0 Å². The number of halogens is 2. The van der Waals surface area contributed by atoms with Crippen LogP contribution in [0.15, 0.2) is 24.3 Å². The fraction of sp³-hybridized carbons (Fsp3) is 0.600. The molecule has 0 saturated heterocycles. The molecule has 3 heteroatoms. The summed E-state index contributed by atoms with van der Waals surface area (Å²) in [6.07, 6.45) is 9.72. The Labute approximate surface area is 122 Å². The smallest absolute Gasteiger partial charge is 0.0406 e. The van der Waals surface area contributed by atoms with E-state index in [1.165, 1.54) is 50.5 Å². The van der Waals surface area contributed by atoms with Crippen molar-refractivity contribution in [2.75, 3.05) is 0 Å². The van der Waals surface area contributed by atoms with Crippen LogP contribution in [0.25, 0.3) is 0 Å². The Morgan fingerprint density at radius 3 is 2.11 bits per heavy atom. The molecule has 0 unspecified atom stereocenters. The molecule has 0 radical (unpaired) electrons. The second-order valence-corrected chi connectivity index (χ2v) is 5.49. The lowest BCUT2D eigenvalue weighted by atomic mass is 9.96. The van der Waals surface area contributed by atoms with E-state index in [1.54, 1.807) is 0 Å². The summed E-state index contributed by atoms with van der Waals surface area (Å²) in [4.78, 5) is 0. The molecule has 0 aromatic heterocycles. The van der Waals surface area contributed by atoms with Gasteiger partial charge in [-0.25, -0.2) is 0 Å². The van der Waals surface area contributed by atoms with Crippen molar-refractivity contribution in [3.05, 3.63) is 34.9 Å². The van der Waals surface area contributed by atoms with Gasteiger partial charge in [-0.1, -0.05) is 55.8 Å². The molecule has 1 nitrogen and oxygen atoms in total. The summed E-state index contributed by atoms with van der Waals surface area (Å²) in [5.41, 5.74) is 1.33. The molecule has 1 fully saturated rings. The van der Waals surface area contributed by atoms with E-state index in [1.807, 2.05) is 12.1 Å². The van der Waals surface area contributed by atoms with Crippen LogP contribution in [0.1, 0.15) is 50.5 Å². The third-order valence-electron chi connectivity index (χ3n) is 3.61. The minimum Gasteiger partial charge on any atom is -0.310 e. The monoisotopic (exact) mass is 287 g/mol. The van der Waals surface area contributed by atoms with Gasteiger partial charge >= 0.3 is 0 Å². The highest BCUT2D eigenvalue weighted by atomic mass is 35.5. The normalized spacial score (nSPS) is 17.6. The van der Waals surface area contributed by atoms with E-state index in [0.29, 0.717) is 6.04 Å². The summed E-state index contributed by atoms with van der Waals surface area (Å²) in [5, 5.41) is 4.50. The van der Waals surface area contributed by atoms with Crippen LogP contribution < -0.4 is 5.32 Å². The van der Waals surface area contributed by atoms with E-state index in [9.17, 15) is 0 Å². The summed E-state index contributed by atoms with van der Waals surface area (Å²) < 4.78 is 0. The zero-order chi connectivity index (χ0) is 11.9. The topological polar surface area (TPSA) is 12.0 Å². The van der Waals surface area contributed by atoms with Crippen LogP contribution in [-0.4, -0.2) is 6.04 Å². The van der Waals surface area contributed by atoms with Crippen LogP contribution in [0.2, 0.25) is 5.02 Å². The largest absolute Gasteiger partial charge is 0.310 e. The molecule has 18 heavy (non-hydrogen) atoms. The van der Waals surface area contributed by atoms with E-state index < -0.39 is 0 Å². The van der Waals surface area contributed by atoms with Gasteiger partial charge in [-0.2, -0.15) is 0 Å². The Bertz CT molecular complexity index is 316. The van der Waals surface area contributed by atoms with Crippen molar-refractivity contribution in [3.63, 3.8) is 0 Å². The highest BCUT2D eigenvalue weighted by Crippen LogP contribution is 2.17. The SMILES string of the molecule is Cl.Clc1ccc(CNC2CCCCCCC2)cc1. The van der Waals surface area contributed by atoms with Crippen LogP contribution in [0, 0.1) is 0 Å². The molecule has 0 bridgehead atoms. The standard InChI is InChI=1S/C15H22ClN.ClH/c16-14-10-8-13(9-11-14)12-17-15-6-4-2-1-3-5-7-15;/h8-11,15,17H,1-7,12H2;1H. The number of hydrogen-bond donors (Lipinski definition) is 1. The first-order valence-corrected chi connectivity index (χ1v) is 7.20. The van der Waals surface area contributed by atoms with Gasteiger partial charge in [-0.15, -0.1) is 12.4 Å². The van der Waals surface area contributed by atoms with Crippen LogP contribution in [0.5, 0.6) is 0 Å². The molecule has 0 amide bonds. The Morgan fingerprint density at radius 2 is 1.50 bits per heavy atom. The highest BCUT2D eigenvalue weighted by molar-refractivity contribution is 6.30. The third kappa shape index (κ3) is 5.60. The van der Waals surface area contributed by atoms with Crippen molar-refractivity contribution < 1.29 is 0 Å². The van der Waals surface area contributed by atoms with E-state index in [0.717, 1.165) is 11.6 Å². The quantitative estimate of drug-likeness (QED) is 0.828. The molecule has 102 valence electrons. The van der Waals surface area contributed by atoms with Gasteiger partial charge < -0.3 is 5.32 Å². The van der Waals surface area contributed by atoms with Crippen LogP contribution in [-0.2, 0) is 6.54 Å².